The number of benzene rings is 1. The van der Waals surface area contributed by atoms with Crippen molar-refractivity contribution < 1.29 is 18.7 Å². The second-order valence-corrected chi connectivity index (χ2v) is 10.5. The van der Waals surface area contributed by atoms with Gasteiger partial charge < -0.3 is 14.5 Å². The van der Waals surface area contributed by atoms with Gasteiger partial charge in [-0.1, -0.05) is 0 Å². The number of ether oxygens (including phenoxy) is 1. The number of rotatable bonds is 5. The molecule has 1 fully saturated rings. The lowest BCUT2D eigenvalue weighted by molar-refractivity contribution is -0.161. The Bertz CT molecular complexity index is 994. The number of thiazole rings is 1. The lowest BCUT2D eigenvalue weighted by Crippen LogP contribution is -2.50. The molecule has 1 aromatic carbocycles. The van der Waals surface area contributed by atoms with E-state index in [1.807, 2.05) is 26.2 Å². The van der Waals surface area contributed by atoms with Gasteiger partial charge in [-0.25, -0.2) is 9.37 Å². The molecule has 0 N–H and O–H groups in total. The highest BCUT2D eigenvalue weighted by Crippen LogP contribution is 2.47. The zero-order chi connectivity index (χ0) is 23.1. The second-order valence-electron chi connectivity index (χ2n) is 9.82. The number of carbonyl (C=O) groups is 2. The van der Waals surface area contributed by atoms with Crippen LogP contribution in [-0.4, -0.2) is 54.0 Å². The van der Waals surface area contributed by atoms with E-state index < -0.39 is 11.0 Å². The molecule has 32 heavy (non-hydrogen) atoms. The summed E-state index contributed by atoms with van der Waals surface area (Å²) >= 11 is 1.51. The van der Waals surface area contributed by atoms with Crippen molar-refractivity contribution >= 4 is 28.9 Å². The maximum absolute atomic E-state index is 14.0. The molecule has 6 nitrogen and oxygen atoms in total. The molecular formula is C24H30FN3O3S. The number of aromatic nitrogens is 1. The minimum Gasteiger partial charge on any atom is -0.460 e. The predicted molar refractivity (Wildman–Crippen MR) is 122 cm³/mol. The summed E-state index contributed by atoms with van der Waals surface area (Å²) in [4.78, 5) is 34.3. The maximum Gasteiger partial charge on any atom is 0.311 e. The first-order valence-electron chi connectivity index (χ1n) is 11.0. The van der Waals surface area contributed by atoms with E-state index in [0.717, 1.165) is 16.9 Å². The Morgan fingerprint density at radius 2 is 2.03 bits per heavy atom. The Hall–Kier alpha value is -2.32. The average molecular weight is 460 g/mol. The van der Waals surface area contributed by atoms with Crippen molar-refractivity contribution in [3.63, 3.8) is 0 Å². The van der Waals surface area contributed by atoms with Crippen LogP contribution < -0.4 is 4.90 Å². The summed E-state index contributed by atoms with van der Waals surface area (Å²) in [6.45, 7) is 7.47. The van der Waals surface area contributed by atoms with Gasteiger partial charge in [0.15, 0.2) is 0 Å². The molecule has 0 saturated carbocycles. The zero-order valence-electron chi connectivity index (χ0n) is 19.1. The number of likely N-dealkylation sites (tertiary alicyclic amines) is 1. The molecular weight excluding hydrogens is 429 g/mol. The van der Waals surface area contributed by atoms with Crippen LogP contribution in [0.4, 0.5) is 10.1 Å². The number of fused-ring (bicyclic) bond motifs is 2. The molecule has 1 aromatic heterocycles. The Labute approximate surface area is 192 Å². The Morgan fingerprint density at radius 3 is 2.66 bits per heavy atom. The molecule has 2 aromatic rings. The molecule has 2 aliphatic rings. The van der Waals surface area contributed by atoms with E-state index in [1.54, 1.807) is 23.5 Å². The fraction of sp³-hybridized carbons (Fsp3) is 0.542. The van der Waals surface area contributed by atoms with Crippen molar-refractivity contribution in [3.8, 4) is 0 Å². The third kappa shape index (κ3) is 4.43. The molecule has 0 bridgehead atoms. The third-order valence-corrected chi connectivity index (χ3v) is 7.05. The Balaban J connectivity index is 1.48. The number of hydrogen-bond acceptors (Lipinski definition) is 6. The molecule has 1 unspecified atom stereocenters. The van der Waals surface area contributed by atoms with Crippen molar-refractivity contribution in [2.75, 3.05) is 31.6 Å². The van der Waals surface area contributed by atoms with Gasteiger partial charge >= 0.3 is 5.97 Å². The van der Waals surface area contributed by atoms with Gasteiger partial charge in [0.05, 0.1) is 22.5 Å². The highest BCUT2D eigenvalue weighted by atomic mass is 32.1. The van der Waals surface area contributed by atoms with Crippen LogP contribution in [-0.2, 0) is 26.2 Å². The normalized spacial score (nSPS) is 19.3. The van der Waals surface area contributed by atoms with Gasteiger partial charge in [0.1, 0.15) is 11.4 Å². The standard InChI is InChI=1S/C24H30FN3O3S/c1-23(2,3)31-21(29)16(11-18-14-32-15-26-18)13-28-9-7-24(8-10-28)19-12-17(25)5-6-20(19)27(4)22(24)30/h5-6,12,14-16H,7-11,13H2,1-4H3. The summed E-state index contributed by atoms with van der Waals surface area (Å²) in [5, 5.41) is 1.96. The minimum atomic E-state index is -0.682. The largest absolute Gasteiger partial charge is 0.460 e. The quantitative estimate of drug-likeness (QED) is 0.637. The van der Waals surface area contributed by atoms with Gasteiger partial charge in [0.25, 0.3) is 0 Å². The number of nitrogens with zero attached hydrogens (tertiary/aromatic N) is 3. The zero-order valence-corrected chi connectivity index (χ0v) is 19.9. The fourth-order valence-corrected chi connectivity index (χ4v) is 5.41. The SMILES string of the molecule is CN1C(=O)C2(CCN(CC(Cc3cscn3)C(=O)OC(C)(C)C)CC2)c2cc(F)ccc21. The van der Waals surface area contributed by atoms with Crippen LogP contribution in [0.3, 0.4) is 0 Å². The molecule has 0 aliphatic carbocycles. The van der Waals surface area contributed by atoms with Gasteiger partial charge in [-0.05, 0) is 70.5 Å². The average Bonchev–Trinajstić information content (AvgIpc) is 3.30. The van der Waals surface area contributed by atoms with Crippen LogP contribution in [0.25, 0.3) is 0 Å². The number of halogens is 1. The fourth-order valence-electron chi connectivity index (χ4n) is 4.84. The molecule has 3 heterocycles. The second kappa shape index (κ2) is 8.56. The van der Waals surface area contributed by atoms with E-state index >= 15 is 0 Å². The predicted octanol–water partition coefficient (Wildman–Crippen LogP) is 3.79. The molecule has 0 radical (unpaired) electrons. The van der Waals surface area contributed by atoms with E-state index in [4.69, 9.17) is 4.74 Å². The topological polar surface area (TPSA) is 62.7 Å². The van der Waals surface area contributed by atoms with Crippen molar-refractivity contribution in [2.45, 2.75) is 51.0 Å². The van der Waals surface area contributed by atoms with E-state index in [2.05, 4.69) is 9.88 Å². The van der Waals surface area contributed by atoms with E-state index in [0.29, 0.717) is 38.9 Å². The minimum absolute atomic E-state index is 0.0314. The first-order valence-corrected chi connectivity index (χ1v) is 11.9. The smallest absolute Gasteiger partial charge is 0.311 e. The van der Waals surface area contributed by atoms with E-state index in [1.165, 1.54) is 23.5 Å². The molecule has 1 atom stereocenters. The summed E-state index contributed by atoms with van der Waals surface area (Å²) in [6, 6.07) is 4.61. The molecule has 172 valence electrons. The first-order chi connectivity index (χ1) is 15.1. The van der Waals surface area contributed by atoms with Crippen molar-refractivity contribution in [3.05, 3.63) is 46.2 Å². The summed E-state index contributed by atoms with van der Waals surface area (Å²) < 4.78 is 19.7. The van der Waals surface area contributed by atoms with E-state index in [-0.39, 0.29) is 23.6 Å². The number of piperidine rings is 1. The number of likely N-dealkylation sites (N-methyl/N-ethyl adjacent to an activating group) is 1. The molecule has 2 aliphatic heterocycles. The van der Waals surface area contributed by atoms with Crippen LogP contribution in [0.2, 0.25) is 0 Å². The molecule has 8 heteroatoms. The van der Waals surface area contributed by atoms with Crippen LogP contribution in [0.5, 0.6) is 0 Å². The van der Waals surface area contributed by atoms with Crippen LogP contribution in [0.1, 0.15) is 44.9 Å². The molecule has 1 spiro atoms. The number of amides is 1. The van der Waals surface area contributed by atoms with Crippen LogP contribution in [0, 0.1) is 11.7 Å². The summed E-state index contributed by atoms with van der Waals surface area (Å²) in [7, 11) is 1.76. The lowest BCUT2D eigenvalue weighted by atomic mass is 9.73. The molecule has 1 amide bonds. The summed E-state index contributed by atoms with van der Waals surface area (Å²) in [5.41, 5.74) is 2.99. The van der Waals surface area contributed by atoms with E-state index in [9.17, 15) is 14.0 Å². The number of hydrogen-bond donors (Lipinski definition) is 0. The third-order valence-electron chi connectivity index (χ3n) is 6.42. The van der Waals surface area contributed by atoms with Crippen molar-refractivity contribution in [1.29, 1.82) is 0 Å². The maximum atomic E-state index is 14.0. The first kappa shape index (κ1) is 22.9. The highest BCUT2D eigenvalue weighted by molar-refractivity contribution is 7.07. The van der Waals surface area contributed by atoms with Gasteiger partial charge in [0.2, 0.25) is 5.91 Å². The van der Waals surface area contributed by atoms with Gasteiger partial charge in [0, 0.05) is 31.1 Å². The van der Waals surface area contributed by atoms with Crippen LogP contribution >= 0.6 is 11.3 Å². The number of anilines is 1. The van der Waals surface area contributed by atoms with Crippen LogP contribution in [0.15, 0.2) is 29.1 Å². The van der Waals surface area contributed by atoms with Gasteiger partial charge in [-0.3, -0.25) is 9.59 Å². The van der Waals surface area contributed by atoms with Crippen molar-refractivity contribution in [1.82, 2.24) is 9.88 Å². The molecule has 1 saturated heterocycles. The van der Waals surface area contributed by atoms with Gasteiger partial charge in [-0.15, -0.1) is 11.3 Å². The number of carbonyl (C=O) groups excluding carboxylic acids is 2. The number of esters is 1. The molecule has 4 rings (SSSR count). The monoisotopic (exact) mass is 459 g/mol. The Morgan fingerprint density at radius 1 is 1.31 bits per heavy atom. The Kier molecular flexibility index (Phi) is 6.11. The summed E-state index contributed by atoms with van der Waals surface area (Å²) in [6.07, 6.45) is 1.73. The lowest BCUT2D eigenvalue weighted by Gasteiger charge is -2.39. The highest BCUT2D eigenvalue weighted by Gasteiger charge is 2.51. The summed E-state index contributed by atoms with van der Waals surface area (Å²) in [5.74, 6) is -0.849. The van der Waals surface area contributed by atoms with Gasteiger partial charge in [-0.2, -0.15) is 0 Å². The van der Waals surface area contributed by atoms with Crippen molar-refractivity contribution in [2.24, 2.45) is 5.92 Å².